The summed E-state index contributed by atoms with van der Waals surface area (Å²) in [6.45, 7) is 0.811. The van der Waals surface area contributed by atoms with Gasteiger partial charge in [0.05, 0.1) is 6.61 Å². The van der Waals surface area contributed by atoms with Crippen molar-refractivity contribution in [2.24, 2.45) is 0 Å². The number of rotatable bonds is 4. The second-order valence-electron chi connectivity index (χ2n) is 5.07. The van der Waals surface area contributed by atoms with Crippen LogP contribution < -0.4 is 10.1 Å². The first kappa shape index (κ1) is 14.1. The van der Waals surface area contributed by atoms with E-state index in [2.05, 4.69) is 57.9 Å². The fourth-order valence-corrected chi connectivity index (χ4v) is 4.48. The predicted octanol–water partition coefficient (Wildman–Crippen LogP) is 4.21. The van der Waals surface area contributed by atoms with Crippen molar-refractivity contribution in [3.63, 3.8) is 0 Å². The maximum Gasteiger partial charge on any atom is 0.122 e. The van der Waals surface area contributed by atoms with Gasteiger partial charge in [-0.2, -0.15) is 0 Å². The highest BCUT2D eigenvalue weighted by atomic mass is 79.9. The summed E-state index contributed by atoms with van der Waals surface area (Å²) in [7, 11) is 2.06. The molecule has 1 aliphatic heterocycles. The van der Waals surface area contributed by atoms with Crippen molar-refractivity contribution in [2.45, 2.75) is 24.8 Å². The van der Waals surface area contributed by atoms with Gasteiger partial charge in [-0.15, -0.1) is 11.3 Å². The van der Waals surface area contributed by atoms with Gasteiger partial charge in [0, 0.05) is 21.3 Å². The Balaban J connectivity index is 1.85. The van der Waals surface area contributed by atoms with Crippen LogP contribution in [-0.4, -0.2) is 19.7 Å². The topological polar surface area (TPSA) is 21.3 Å². The van der Waals surface area contributed by atoms with Crippen molar-refractivity contribution < 1.29 is 4.74 Å². The second kappa shape index (κ2) is 6.29. The van der Waals surface area contributed by atoms with Gasteiger partial charge in [-0.05, 0) is 58.9 Å². The number of hydrogen-bond acceptors (Lipinski definition) is 3. The van der Waals surface area contributed by atoms with Crippen LogP contribution in [0, 0.1) is 0 Å². The van der Waals surface area contributed by atoms with E-state index in [9.17, 15) is 0 Å². The zero-order valence-electron chi connectivity index (χ0n) is 11.4. The fourth-order valence-electron chi connectivity index (χ4n) is 2.90. The number of thiophene rings is 1. The highest BCUT2D eigenvalue weighted by molar-refractivity contribution is 9.10. The van der Waals surface area contributed by atoms with E-state index in [-0.39, 0.29) is 0 Å². The molecular weight excluding hydrogens is 334 g/mol. The SMILES string of the molecule is CNC(Cc1sccc1Br)C1CCOc2ccccc21. The number of benzene rings is 1. The molecule has 0 amide bonds. The molecule has 1 aromatic heterocycles. The molecule has 4 heteroatoms. The smallest absolute Gasteiger partial charge is 0.122 e. The van der Waals surface area contributed by atoms with Crippen LogP contribution in [-0.2, 0) is 6.42 Å². The molecular formula is C16H18BrNOS. The summed E-state index contributed by atoms with van der Waals surface area (Å²) in [6, 6.07) is 11.0. The van der Waals surface area contributed by atoms with E-state index >= 15 is 0 Å². The van der Waals surface area contributed by atoms with Crippen molar-refractivity contribution >= 4 is 27.3 Å². The van der Waals surface area contributed by atoms with Crippen LogP contribution in [0.4, 0.5) is 0 Å². The zero-order valence-corrected chi connectivity index (χ0v) is 13.8. The van der Waals surface area contributed by atoms with Crippen LogP contribution in [0.25, 0.3) is 0 Å². The van der Waals surface area contributed by atoms with Crippen LogP contribution in [0.2, 0.25) is 0 Å². The monoisotopic (exact) mass is 351 g/mol. The first-order valence-electron chi connectivity index (χ1n) is 6.90. The summed E-state index contributed by atoms with van der Waals surface area (Å²) in [6.07, 6.45) is 2.12. The van der Waals surface area contributed by atoms with E-state index in [1.54, 1.807) is 0 Å². The molecule has 3 rings (SSSR count). The average Bonchev–Trinajstić information content (AvgIpc) is 2.89. The zero-order chi connectivity index (χ0) is 13.9. The van der Waals surface area contributed by atoms with Gasteiger partial charge in [0.25, 0.3) is 0 Å². The van der Waals surface area contributed by atoms with E-state index in [0.717, 1.165) is 25.2 Å². The number of nitrogens with one attached hydrogen (secondary N) is 1. The molecule has 2 atom stereocenters. The van der Waals surface area contributed by atoms with Crippen LogP contribution in [0.1, 0.15) is 22.8 Å². The molecule has 0 fully saturated rings. The van der Waals surface area contributed by atoms with Crippen LogP contribution in [0.3, 0.4) is 0 Å². The van der Waals surface area contributed by atoms with Gasteiger partial charge in [0.15, 0.2) is 0 Å². The number of likely N-dealkylation sites (N-methyl/N-ethyl adjacent to an activating group) is 1. The number of ether oxygens (including phenoxy) is 1. The summed E-state index contributed by atoms with van der Waals surface area (Å²) in [5.74, 6) is 1.56. The second-order valence-corrected chi connectivity index (χ2v) is 6.93. The summed E-state index contributed by atoms with van der Waals surface area (Å²) in [4.78, 5) is 1.41. The number of halogens is 1. The van der Waals surface area contributed by atoms with Crippen molar-refractivity contribution in [3.8, 4) is 5.75 Å². The first-order valence-corrected chi connectivity index (χ1v) is 8.57. The Bertz CT molecular complexity index is 583. The highest BCUT2D eigenvalue weighted by Crippen LogP contribution is 2.37. The minimum atomic E-state index is 0.440. The van der Waals surface area contributed by atoms with E-state index < -0.39 is 0 Å². The van der Waals surface area contributed by atoms with Gasteiger partial charge in [-0.1, -0.05) is 18.2 Å². The summed E-state index contributed by atoms with van der Waals surface area (Å²) in [5, 5.41) is 5.65. The van der Waals surface area contributed by atoms with Crippen molar-refractivity contribution in [1.29, 1.82) is 0 Å². The van der Waals surface area contributed by atoms with Crippen LogP contribution in [0.5, 0.6) is 5.75 Å². The molecule has 2 aromatic rings. The standard InChI is InChI=1S/C16H18BrNOS/c1-18-14(10-16-13(17)7-9-20-16)11-6-8-19-15-5-3-2-4-12(11)15/h2-5,7,9,11,14,18H,6,8,10H2,1H3. The summed E-state index contributed by atoms with van der Waals surface area (Å²) in [5.41, 5.74) is 1.34. The molecule has 1 N–H and O–H groups in total. The summed E-state index contributed by atoms with van der Waals surface area (Å²) < 4.78 is 7.00. The maximum atomic E-state index is 5.77. The Kier molecular flexibility index (Phi) is 4.44. The average molecular weight is 352 g/mol. The van der Waals surface area contributed by atoms with Crippen molar-refractivity contribution in [3.05, 3.63) is 50.6 Å². The van der Waals surface area contributed by atoms with Gasteiger partial charge >= 0.3 is 0 Å². The van der Waals surface area contributed by atoms with Crippen molar-refractivity contribution in [1.82, 2.24) is 5.32 Å². The molecule has 1 aromatic carbocycles. The van der Waals surface area contributed by atoms with Crippen LogP contribution in [0.15, 0.2) is 40.2 Å². The molecule has 2 nitrogen and oxygen atoms in total. The molecule has 20 heavy (non-hydrogen) atoms. The third kappa shape index (κ3) is 2.78. The maximum absolute atomic E-state index is 5.77. The Labute approximate surface area is 132 Å². The predicted molar refractivity (Wildman–Crippen MR) is 87.9 cm³/mol. The third-order valence-corrected chi connectivity index (χ3v) is 5.91. The Hall–Kier alpha value is -0.840. The Morgan fingerprint density at radius 2 is 2.25 bits per heavy atom. The lowest BCUT2D eigenvalue weighted by Gasteiger charge is -2.32. The molecule has 1 aliphatic rings. The van der Waals surface area contributed by atoms with E-state index in [4.69, 9.17) is 4.74 Å². The van der Waals surface area contributed by atoms with Gasteiger partial charge in [-0.25, -0.2) is 0 Å². The Morgan fingerprint density at radius 3 is 3.00 bits per heavy atom. The highest BCUT2D eigenvalue weighted by Gasteiger charge is 2.28. The van der Waals surface area contributed by atoms with Gasteiger partial charge < -0.3 is 10.1 Å². The molecule has 106 valence electrons. The lowest BCUT2D eigenvalue weighted by atomic mass is 9.85. The summed E-state index contributed by atoms with van der Waals surface area (Å²) >= 11 is 5.46. The molecule has 0 bridgehead atoms. The molecule has 2 heterocycles. The number of para-hydroxylation sites is 1. The number of hydrogen-bond donors (Lipinski definition) is 1. The lowest BCUT2D eigenvalue weighted by Crippen LogP contribution is -2.36. The molecule has 0 spiro atoms. The minimum absolute atomic E-state index is 0.440. The number of fused-ring (bicyclic) bond motifs is 1. The minimum Gasteiger partial charge on any atom is -0.493 e. The fraction of sp³-hybridized carbons (Fsp3) is 0.375. The third-order valence-electron chi connectivity index (χ3n) is 3.96. The molecule has 2 unspecified atom stereocenters. The molecule has 0 saturated carbocycles. The van der Waals surface area contributed by atoms with Crippen LogP contribution >= 0.6 is 27.3 Å². The Morgan fingerprint density at radius 1 is 1.40 bits per heavy atom. The van der Waals surface area contributed by atoms with Gasteiger partial charge in [0.2, 0.25) is 0 Å². The molecule has 0 saturated heterocycles. The van der Waals surface area contributed by atoms with Gasteiger partial charge in [0.1, 0.15) is 5.75 Å². The molecule has 0 aliphatic carbocycles. The van der Waals surface area contributed by atoms with E-state index in [1.165, 1.54) is 14.9 Å². The lowest BCUT2D eigenvalue weighted by molar-refractivity contribution is 0.247. The normalized spacial score (nSPS) is 19.2. The van der Waals surface area contributed by atoms with E-state index in [1.807, 2.05) is 17.4 Å². The molecule has 0 radical (unpaired) electrons. The first-order chi connectivity index (χ1) is 9.79. The quantitative estimate of drug-likeness (QED) is 0.890. The van der Waals surface area contributed by atoms with Gasteiger partial charge in [-0.3, -0.25) is 0 Å². The largest absolute Gasteiger partial charge is 0.493 e. The van der Waals surface area contributed by atoms with Crippen molar-refractivity contribution in [2.75, 3.05) is 13.7 Å². The van der Waals surface area contributed by atoms with E-state index in [0.29, 0.717) is 12.0 Å².